The lowest BCUT2D eigenvalue weighted by molar-refractivity contribution is 0.0756. The molecule has 0 radical (unpaired) electrons. The van der Waals surface area contributed by atoms with E-state index >= 15 is 0 Å². The van der Waals surface area contributed by atoms with E-state index < -0.39 is 0 Å². The summed E-state index contributed by atoms with van der Waals surface area (Å²) in [5.41, 5.74) is 2.83. The average Bonchev–Trinajstić information content (AvgIpc) is 3.06. The van der Waals surface area contributed by atoms with Crippen molar-refractivity contribution in [3.8, 4) is 0 Å². The number of carbonyl (C=O) groups excluding carboxylic acids is 1. The summed E-state index contributed by atoms with van der Waals surface area (Å²) in [7, 11) is 1.74. The minimum absolute atomic E-state index is 0.139. The van der Waals surface area contributed by atoms with Gasteiger partial charge in [-0.15, -0.1) is 0 Å². The molecule has 0 atom stereocenters. The fourth-order valence-corrected chi connectivity index (χ4v) is 2.17. The van der Waals surface area contributed by atoms with Crippen molar-refractivity contribution in [2.45, 2.75) is 13.5 Å². The third-order valence-electron chi connectivity index (χ3n) is 3.20. The van der Waals surface area contributed by atoms with Crippen LogP contribution in [0, 0.1) is 6.92 Å². The molecule has 0 saturated carbocycles. The summed E-state index contributed by atoms with van der Waals surface area (Å²) in [5.74, 6) is 0.219. The molecule has 3 rings (SSSR count). The van der Waals surface area contributed by atoms with Crippen LogP contribution >= 0.6 is 0 Å². The van der Waals surface area contributed by atoms with Gasteiger partial charge in [0, 0.05) is 30.7 Å². The van der Waals surface area contributed by atoms with Gasteiger partial charge in [0.05, 0.1) is 6.20 Å². The average molecular weight is 269 g/mol. The van der Waals surface area contributed by atoms with E-state index in [-0.39, 0.29) is 5.91 Å². The Kier molecular flexibility index (Phi) is 3.02. The molecule has 5 heteroatoms. The molecular weight excluding hydrogens is 254 g/mol. The number of rotatable bonds is 3. The number of nitrogens with one attached hydrogen (secondary N) is 1. The van der Waals surface area contributed by atoms with E-state index in [1.807, 2.05) is 25.1 Å². The van der Waals surface area contributed by atoms with Crippen molar-refractivity contribution >= 4 is 16.9 Å². The molecule has 0 aliphatic carbocycles. The lowest BCUT2D eigenvalue weighted by atomic mass is 10.2. The number of aryl methyl sites for hydroxylation is 1. The number of H-pyrrole nitrogens is 1. The molecule has 1 aromatic carbocycles. The second-order valence-electron chi connectivity index (χ2n) is 4.92. The molecule has 0 unspecified atom stereocenters. The molecule has 5 nitrogen and oxygen atoms in total. The Bertz CT molecular complexity index is 744. The van der Waals surface area contributed by atoms with Crippen molar-refractivity contribution in [3.63, 3.8) is 0 Å². The molecule has 1 amide bonds. The number of carbonyl (C=O) groups is 1. The number of hydrogen-bond donors (Lipinski definition) is 1. The SMILES string of the molecule is Cc1ccc2oc(C(=O)N(C)Cc3cn[nH]c3)cc2c1. The van der Waals surface area contributed by atoms with Crippen LogP contribution in [-0.2, 0) is 6.54 Å². The largest absolute Gasteiger partial charge is 0.451 e. The second kappa shape index (κ2) is 4.85. The fourth-order valence-electron chi connectivity index (χ4n) is 2.17. The molecule has 0 spiro atoms. The van der Waals surface area contributed by atoms with Crippen molar-refractivity contribution in [1.82, 2.24) is 15.1 Å². The van der Waals surface area contributed by atoms with Gasteiger partial charge in [0.15, 0.2) is 5.76 Å². The standard InChI is InChI=1S/C15H15N3O2/c1-10-3-4-13-12(5-10)6-14(20-13)15(19)18(2)9-11-7-16-17-8-11/h3-8H,9H2,1-2H3,(H,16,17). The monoisotopic (exact) mass is 269 g/mol. The van der Waals surface area contributed by atoms with Crippen LogP contribution in [0.1, 0.15) is 21.7 Å². The quantitative estimate of drug-likeness (QED) is 0.795. The Morgan fingerprint density at radius 2 is 2.25 bits per heavy atom. The highest BCUT2D eigenvalue weighted by atomic mass is 16.3. The van der Waals surface area contributed by atoms with Crippen LogP contribution in [0.15, 0.2) is 41.1 Å². The normalized spacial score (nSPS) is 10.9. The minimum atomic E-state index is -0.139. The van der Waals surface area contributed by atoms with Crippen molar-refractivity contribution in [1.29, 1.82) is 0 Å². The van der Waals surface area contributed by atoms with Gasteiger partial charge in [0.1, 0.15) is 5.58 Å². The van der Waals surface area contributed by atoms with Crippen LogP contribution in [0.5, 0.6) is 0 Å². The van der Waals surface area contributed by atoms with Crippen LogP contribution in [-0.4, -0.2) is 28.1 Å². The molecule has 1 N–H and O–H groups in total. The highest BCUT2D eigenvalue weighted by molar-refractivity contribution is 5.96. The van der Waals surface area contributed by atoms with Gasteiger partial charge < -0.3 is 9.32 Å². The highest BCUT2D eigenvalue weighted by Gasteiger charge is 2.17. The van der Waals surface area contributed by atoms with E-state index in [0.717, 1.165) is 22.1 Å². The number of aromatic amines is 1. The molecular formula is C15H15N3O2. The molecule has 102 valence electrons. The van der Waals surface area contributed by atoms with E-state index in [9.17, 15) is 4.79 Å². The number of furan rings is 1. The summed E-state index contributed by atoms with van der Waals surface area (Å²) >= 11 is 0. The summed E-state index contributed by atoms with van der Waals surface area (Å²) in [6.07, 6.45) is 3.47. The van der Waals surface area contributed by atoms with Gasteiger partial charge in [-0.3, -0.25) is 9.89 Å². The topological polar surface area (TPSA) is 62.1 Å². The zero-order valence-corrected chi connectivity index (χ0v) is 11.4. The molecule has 2 heterocycles. The van der Waals surface area contributed by atoms with Gasteiger partial charge in [-0.2, -0.15) is 5.10 Å². The van der Waals surface area contributed by atoms with E-state index in [1.165, 1.54) is 0 Å². The summed E-state index contributed by atoms with van der Waals surface area (Å²) in [6.45, 7) is 2.50. The minimum Gasteiger partial charge on any atom is -0.451 e. The first kappa shape index (κ1) is 12.5. The molecule has 0 saturated heterocycles. The van der Waals surface area contributed by atoms with Crippen LogP contribution < -0.4 is 0 Å². The molecule has 20 heavy (non-hydrogen) atoms. The zero-order chi connectivity index (χ0) is 14.1. The maximum Gasteiger partial charge on any atom is 0.289 e. The van der Waals surface area contributed by atoms with E-state index in [2.05, 4.69) is 10.2 Å². The number of fused-ring (bicyclic) bond motifs is 1. The predicted octanol–water partition coefficient (Wildman–Crippen LogP) is 2.74. The van der Waals surface area contributed by atoms with Crippen molar-refractivity contribution in [2.75, 3.05) is 7.05 Å². The summed E-state index contributed by atoms with van der Waals surface area (Å²) < 4.78 is 5.61. The Labute approximate surface area is 116 Å². The number of benzene rings is 1. The van der Waals surface area contributed by atoms with Crippen LogP contribution in [0.4, 0.5) is 0 Å². The summed E-state index contributed by atoms with van der Waals surface area (Å²) in [6, 6.07) is 7.65. The van der Waals surface area contributed by atoms with E-state index in [1.54, 1.807) is 30.4 Å². The van der Waals surface area contributed by atoms with Crippen molar-refractivity contribution in [3.05, 3.63) is 53.5 Å². The van der Waals surface area contributed by atoms with Gasteiger partial charge in [-0.25, -0.2) is 0 Å². The van der Waals surface area contributed by atoms with Crippen molar-refractivity contribution in [2.24, 2.45) is 0 Å². The first-order valence-corrected chi connectivity index (χ1v) is 6.37. The molecule has 0 aliphatic rings. The maximum atomic E-state index is 12.3. The zero-order valence-electron chi connectivity index (χ0n) is 11.4. The van der Waals surface area contributed by atoms with Gasteiger partial charge >= 0.3 is 0 Å². The molecule has 2 aromatic heterocycles. The number of amides is 1. The Balaban J connectivity index is 1.84. The molecule has 0 fully saturated rings. The van der Waals surface area contributed by atoms with E-state index in [4.69, 9.17) is 4.42 Å². The molecule has 3 aromatic rings. The number of nitrogens with zero attached hydrogens (tertiary/aromatic N) is 2. The highest BCUT2D eigenvalue weighted by Crippen LogP contribution is 2.21. The number of aromatic nitrogens is 2. The number of hydrogen-bond acceptors (Lipinski definition) is 3. The summed E-state index contributed by atoms with van der Waals surface area (Å²) in [5, 5.41) is 7.54. The summed E-state index contributed by atoms with van der Waals surface area (Å²) in [4.78, 5) is 13.9. The smallest absolute Gasteiger partial charge is 0.289 e. The molecule has 0 aliphatic heterocycles. The van der Waals surface area contributed by atoms with Crippen LogP contribution in [0.3, 0.4) is 0 Å². The second-order valence-corrected chi connectivity index (χ2v) is 4.92. The lowest BCUT2D eigenvalue weighted by Gasteiger charge is -2.14. The first-order chi connectivity index (χ1) is 9.63. The Morgan fingerprint density at radius 1 is 1.40 bits per heavy atom. The third kappa shape index (κ3) is 2.30. The van der Waals surface area contributed by atoms with Crippen LogP contribution in [0.2, 0.25) is 0 Å². The first-order valence-electron chi connectivity index (χ1n) is 6.37. The van der Waals surface area contributed by atoms with Gasteiger partial charge in [0.2, 0.25) is 0 Å². The van der Waals surface area contributed by atoms with Gasteiger partial charge in [0.25, 0.3) is 5.91 Å². The van der Waals surface area contributed by atoms with Crippen LogP contribution in [0.25, 0.3) is 11.0 Å². The lowest BCUT2D eigenvalue weighted by Crippen LogP contribution is -2.25. The Hall–Kier alpha value is -2.56. The maximum absolute atomic E-state index is 12.3. The van der Waals surface area contributed by atoms with Crippen molar-refractivity contribution < 1.29 is 9.21 Å². The van der Waals surface area contributed by atoms with Gasteiger partial charge in [-0.05, 0) is 25.1 Å². The third-order valence-corrected chi connectivity index (χ3v) is 3.20. The van der Waals surface area contributed by atoms with E-state index in [0.29, 0.717) is 12.3 Å². The Morgan fingerprint density at radius 3 is 3.00 bits per heavy atom. The predicted molar refractivity (Wildman–Crippen MR) is 75.3 cm³/mol. The van der Waals surface area contributed by atoms with Gasteiger partial charge in [-0.1, -0.05) is 11.6 Å². The fraction of sp³-hybridized carbons (Fsp3) is 0.200. The molecule has 0 bridgehead atoms.